The Morgan fingerprint density at radius 3 is 2.47 bits per heavy atom. The molecule has 2 amide bonds. The van der Waals surface area contributed by atoms with Gasteiger partial charge in [0.2, 0.25) is 11.8 Å². The molecule has 4 fully saturated rings. The van der Waals surface area contributed by atoms with Crippen molar-refractivity contribution in [3.05, 3.63) is 23.6 Å². The van der Waals surface area contributed by atoms with Crippen molar-refractivity contribution in [2.24, 2.45) is 23.2 Å². The molecule has 5 aliphatic rings. The fourth-order valence-electron chi connectivity index (χ4n) is 6.88. The molecule has 7 nitrogen and oxygen atoms in total. The first kappa shape index (κ1) is 21.9. The maximum absolute atomic E-state index is 13.0. The van der Waals surface area contributed by atoms with Crippen LogP contribution in [-0.2, 0) is 9.59 Å². The molecule has 2 N–H and O–H groups in total. The van der Waals surface area contributed by atoms with E-state index in [2.05, 4.69) is 15.6 Å². The highest BCUT2D eigenvalue weighted by Crippen LogP contribution is 2.60. The van der Waals surface area contributed by atoms with Gasteiger partial charge in [0.05, 0.1) is 5.69 Å². The first-order chi connectivity index (χ1) is 16.6. The molecular weight excluding hydrogens is 450 g/mol. The van der Waals surface area contributed by atoms with Gasteiger partial charge in [0.25, 0.3) is 0 Å². The van der Waals surface area contributed by atoms with Crippen LogP contribution in [0.15, 0.2) is 23.6 Å². The smallest absolute Gasteiger partial charge is 0.226 e. The van der Waals surface area contributed by atoms with Gasteiger partial charge in [-0.2, -0.15) is 0 Å². The number of thiazole rings is 1. The van der Waals surface area contributed by atoms with E-state index in [-0.39, 0.29) is 17.2 Å². The maximum atomic E-state index is 13.0. The molecule has 34 heavy (non-hydrogen) atoms. The Balaban J connectivity index is 0.971. The number of hydrogen-bond donors (Lipinski definition) is 2. The molecule has 0 radical (unpaired) electrons. The minimum Gasteiger partial charge on any atom is -0.486 e. The topological polar surface area (TPSA) is 89.6 Å². The van der Waals surface area contributed by atoms with Gasteiger partial charge in [-0.15, -0.1) is 11.3 Å². The largest absolute Gasteiger partial charge is 0.486 e. The number of nitrogens with one attached hydrogen (secondary N) is 2. The third-order valence-corrected chi connectivity index (χ3v) is 8.73. The van der Waals surface area contributed by atoms with E-state index in [4.69, 9.17) is 9.47 Å². The quantitative estimate of drug-likeness (QED) is 0.563. The first-order valence-corrected chi connectivity index (χ1v) is 13.4. The average molecular weight is 482 g/mol. The number of fused-ring (bicyclic) bond motifs is 1. The Kier molecular flexibility index (Phi) is 5.71. The minimum atomic E-state index is -0.123. The zero-order chi connectivity index (χ0) is 23.1. The summed E-state index contributed by atoms with van der Waals surface area (Å²) in [5.74, 6) is 3.89. The summed E-state index contributed by atoms with van der Waals surface area (Å²) in [5.41, 5.74) is 1.59. The summed E-state index contributed by atoms with van der Waals surface area (Å²) < 4.78 is 11.2. The monoisotopic (exact) mass is 481 g/mol. The van der Waals surface area contributed by atoms with Crippen LogP contribution < -0.4 is 20.1 Å². The van der Waals surface area contributed by atoms with Crippen LogP contribution in [0.1, 0.15) is 51.4 Å². The second-order valence-electron chi connectivity index (χ2n) is 10.5. The summed E-state index contributed by atoms with van der Waals surface area (Å²) in [4.78, 5) is 30.0. The summed E-state index contributed by atoms with van der Waals surface area (Å²) in [6.45, 7) is 1.65. The Bertz CT molecular complexity index is 1060. The van der Waals surface area contributed by atoms with E-state index in [1.165, 1.54) is 30.6 Å². The van der Waals surface area contributed by atoms with Crippen LogP contribution in [0.4, 0.5) is 5.13 Å². The molecule has 0 spiro atoms. The van der Waals surface area contributed by atoms with Crippen LogP contribution >= 0.6 is 11.3 Å². The Labute approximate surface area is 203 Å². The third-order valence-electron chi connectivity index (χ3n) is 7.97. The number of aromatic nitrogens is 1. The van der Waals surface area contributed by atoms with Crippen LogP contribution in [0.3, 0.4) is 0 Å². The molecule has 4 bridgehead atoms. The standard InChI is InChI=1S/C26H31N3O4S/c30-23(2-1-5-27-24(31)26-12-16-8-17(13-26)10-18(9-16)14-26)29-25-28-20(15-34-25)19-3-4-21-22(11-19)33-7-6-32-21/h3-4,11,15-18H,1-2,5-10,12-14H2,(H,27,31)(H,28,29,30). The second-order valence-corrected chi connectivity index (χ2v) is 11.4. The predicted octanol–water partition coefficient (Wildman–Crippen LogP) is 4.63. The highest BCUT2D eigenvalue weighted by molar-refractivity contribution is 7.14. The molecule has 0 unspecified atom stereocenters. The van der Waals surface area contributed by atoms with Crippen LogP contribution in [-0.4, -0.2) is 36.6 Å². The molecule has 1 aromatic heterocycles. The van der Waals surface area contributed by atoms with Gasteiger partial charge < -0.3 is 20.1 Å². The normalized spacial score (nSPS) is 28.5. The second kappa shape index (κ2) is 8.87. The van der Waals surface area contributed by atoms with Crippen molar-refractivity contribution in [3.63, 3.8) is 0 Å². The van der Waals surface area contributed by atoms with Crippen molar-refractivity contribution in [3.8, 4) is 22.8 Å². The van der Waals surface area contributed by atoms with Crippen molar-refractivity contribution in [2.75, 3.05) is 25.1 Å². The molecule has 2 aromatic rings. The lowest BCUT2D eigenvalue weighted by Crippen LogP contribution is -2.53. The number of anilines is 1. The first-order valence-electron chi connectivity index (χ1n) is 12.5. The lowest BCUT2D eigenvalue weighted by Gasteiger charge is -2.55. The summed E-state index contributed by atoms with van der Waals surface area (Å²) in [5, 5.41) is 8.55. The molecule has 4 aliphatic carbocycles. The van der Waals surface area contributed by atoms with E-state index >= 15 is 0 Å². The molecule has 0 atom stereocenters. The van der Waals surface area contributed by atoms with Gasteiger partial charge in [-0.1, -0.05) is 0 Å². The molecule has 1 aromatic carbocycles. The van der Waals surface area contributed by atoms with E-state index in [9.17, 15) is 9.59 Å². The summed E-state index contributed by atoms with van der Waals surface area (Å²) >= 11 is 1.40. The Hall–Kier alpha value is -2.61. The summed E-state index contributed by atoms with van der Waals surface area (Å²) in [6.07, 6.45) is 8.20. The third kappa shape index (κ3) is 4.28. The van der Waals surface area contributed by atoms with E-state index in [1.807, 2.05) is 23.6 Å². The molecule has 4 saturated carbocycles. The van der Waals surface area contributed by atoms with E-state index in [0.29, 0.717) is 37.7 Å². The Morgan fingerprint density at radius 2 is 1.74 bits per heavy atom. The van der Waals surface area contributed by atoms with Crippen LogP contribution in [0.5, 0.6) is 11.5 Å². The van der Waals surface area contributed by atoms with E-state index in [1.54, 1.807) is 0 Å². The van der Waals surface area contributed by atoms with Crippen molar-refractivity contribution < 1.29 is 19.1 Å². The number of nitrogens with zero attached hydrogens (tertiary/aromatic N) is 1. The molecule has 180 valence electrons. The van der Waals surface area contributed by atoms with Gasteiger partial charge in [0.1, 0.15) is 13.2 Å². The number of benzene rings is 1. The molecule has 7 rings (SSSR count). The lowest BCUT2D eigenvalue weighted by molar-refractivity contribution is -0.146. The number of carbonyl (C=O) groups excluding carboxylic acids is 2. The highest BCUT2D eigenvalue weighted by atomic mass is 32.1. The van der Waals surface area contributed by atoms with Crippen molar-refractivity contribution >= 4 is 28.3 Å². The van der Waals surface area contributed by atoms with Gasteiger partial charge in [-0.25, -0.2) is 4.98 Å². The van der Waals surface area contributed by atoms with Crippen LogP contribution in [0.2, 0.25) is 0 Å². The van der Waals surface area contributed by atoms with Gasteiger partial charge in [-0.05, 0) is 80.9 Å². The molecular formula is C26H31N3O4S. The predicted molar refractivity (Wildman–Crippen MR) is 130 cm³/mol. The fraction of sp³-hybridized carbons (Fsp3) is 0.577. The number of ether oxygens (including phenoxy) is 2. The molecule has 0 saturated heterocycles. The molecule has 1 aliphatic heterocycles. The number of amides is 2. The number of carbonyl (C=O) groups is 2. The van der Waals surface area contributed by atoms with Gasteiger partial charge >= 0.3 is 0 Å². The van der Waals surface area contributed by atoms with Gasteiger partial charge in [-0.3, -0.25) is 9.59 Å². The zero-order valence-corrected chi connectivity index (χ0v) is 20.1. The summed E-state index contributed by atoms with van der Waals surface area (Å²) in [7, 11) is 0. The Morgan fingerprint density at radius 1 is 1.03 bits per heavy atom. The van der Waals surface area contributed by atoms with Crippen molar-refractivity contribution in [1.29, 1.82) is 0 Å². The van der Waals surface area contributed by atoms with Crippen molar-refractivity contribution in [1.82, 2.24) is 10.3 Å². The number of hydrogen-bond acceptors (Lipinski definition) is 6. The van der Waals surface area contributed by atoms with Gasteiger partial charge in [0, 0.05) is 29.3 Å². The van der Waals surface area contributed by atoms with Gasteiger partial charge in [0.15, 0.2) is 16.6 Å². The average Bonchev–Trinajstić information content (AvgIpc) is 3.29. The van der Waals surface area contributed by atoms with Crippen LogP contribution in [0, 0.1) is 23.2 Å². The highest BCUT2D eigenvalue weighted by Gasteiger charge is 2.54. The van der Waals surface area contributed by atoms with E-state index in [0.717, 1.165) is 59.8 Å². The number of rotatable bonds is 7. The van der Waals surface area contributed by atoms with E-state index < -0.39 is 0 Å². The fourth-order valence-corrected chi connectivity index (χ4v) is 7.61. The SMILES string of the molecule is O=C(CCCNC(=O)C12CC3CC(CC(C3)C1)C2)Nc1nc(-c2ccc3c(c2)OCCO3)cs1. The molecule has 2 heterocycles. The van der Waals surface area contributed by atoms with Crippen molar-refractivity contribution in [2.45, 2.75) is 51.4 Å². The lowest BCUT2D eigenvalue weighted by atomic mass is 9.49. The van der Waals surface area contributed by atoms with Crippen LogP contribution in [0.25, 0.3) is 11.3 Å². The maximum Gasteiger partial charge on any atom is 0.226 e. The summed E-state index contributed by atoms with van der Waals surface area (Å²) in [6, 6.07) is 5.75. The molecule has 8 heteroatoms. The minimum absolute atomic E-state index is 0.0767. The zero-order valence-electron chi connectivity index (χ0n) is 19.3.